The number of carbonyl (C=O) groups is 1. The molecule has 0 aromatic heterocycles. The van der Waals surface area contributed by atoms with E-state index in [2.05, 4.69) is 15.4 Å². The topological polar surface area (TPSA) is 106 Å². The van der Waals surface area contributed by atoms with E-state index in [1.807, 2.05) is 0 Å². The van der Waals surface area contributed by atoms with Gasteiger partial charge >= 0.3 is 6.03 Å². The van der Waals surface area contributed by atoms with Crippen LogP contribution in [-0.2, 0) is 16.6 Å². The van der Waals surface area contributed by atoms with Crippen molar-refractivity contribution in [2.45, 2.75) is 37.8 Å². The molecule has 0 unspecified atom stereocenters. The second kappa shape index (κ2) is 9.15. The van der Waals surface area contributed by atoms with Crippen LogP contribution in [0, 0.1) is 0 Å². The van der Waals surface area contributed by atoms with Crippen molar-refractivity contribution < 1.29 is 22.7 Å². The second-order valence-corrected chi connectivity index (χ2v) is 9.05. The van der Waals surface area contributed by atoms with E-state index in [0.717, 1.165) is 5.56 Å². The van der Waals surface area contributed by atoms with Crippen LogP contribution < -0.4 is 24.8 Å². The fourth-order valence-electron chi connectivity index (χ4n) is 2.57. The van der Waals surface area contributed by atoms with Crippen LogP contribution in [0.25, 0.3) is 0 Å². The van der Waals surface area contributed by atoms with Crippen molar-refractivity contribution in [3.8, 4) is 11.5 Å². The number of rotatable bonds is 7. The third-order valence-electron chi connectivity index (χ3n) is 3.77. The SMILES string of the molecule is COc1ccc(OC)c(CNC(=O)Nc2cccc(S(=O)(=O)NC(C)(C)C)c2)c1. The summed E-state index contributed by atoms with van der Waals surface area (Å²) in [4.78, 5) is 12.3. The number of anilines is 1. The Kier molecular flexibility index (Phi) is 7.10. The summed E-state index contributed by atoms with van der Waals surface area (Å²) in [5, 5.41) is 5.36. The number of methoxy groups -OCH3 is 2. The Morgan fingerprint density at radius 3 is 2.38 bits per heavy atom. The number of urea groups is 1. The van der Waals surface area contributed by atoms with E-state index in [1.165, 1.54) is 12.1 Å². The molecule has 0 aliphatic heterocycles. The summed E-state index contributed by atoms with van der Waals surface area (Å²) in [5.41, 5.74) is 0.486. The number of benzene rings is 2. The molecule has 2 aromatic carbocycles. The molecule has 2 aromatic rings. The van der Waals surface area contributed by atoms with Gasteiger partial charge in [0.15, 0.2) is 0 Å². The van der Waals surface area contributed by atoms with Gasteiger partial charge < -0.3 is 20.1 Å². The molecule has 0 radical (unpaired) electrons. The highest BCUT2D eigenvalue weighted by Crippen LogP contribution is 2.24. The summed E-state index contributed by atoms with van der Waals surface area (Å²) in [7, 11) is -0.599. The van der Waals surface area contributed by atoms with Crippen molar-refractivity contribution in [2.24, 2.45) is 0 Å². The molecule has 9 heteroatoms. The van der Waals surface area contributed by atoms with Gasteiger partial charge in [-0.15, -0.1) is 0 Å². The van der Waals surface area contributed by atoms with E-state index < -0.39 is 21.6 Å². The highest BCUT2D eigenvalue weighted by Gasteiger charge is 2.22. The summed E-state index contributed by atoms with van der Waals surface area (Å²) in [6, 6.07) is 10.9. The third kappa shape index (κ3) is 6.65. The van der Waals surface area contributed by atoms with Gasteiger partial charge in [0.25, 0.3) is 0 Å². The minimum absolute atomic E-state index is 0.0692. The summed E-state index contributed by atoms with van der Waals surface area (Å²) in [6.07, 6.45) is 0. The van der Waals surface area contributed by atoms with E-state index in [-0.39, 0.29) is 11.4 Å². The largest absolute Gasteiger partial charge is 0.497 e. The number of amides is 2. The maximum Gasteiger partial charge on any atom is 0.319 e. The summed E-state index contributed by atoms with van der Waals surface area (Å²) in [6.45, 7) is 5.47. The first-order valence-electron chi connectivity index (χ1n) is 8.94. The summed E-state index contributed by atoms with van der Waals surface area (Å²) >= 11 is 0. The zero-order valence-electron chi connectivity index (χ0n) is 17.2. The molecule has 0 spiro atoms. The number of nitrogens with one attached hydrogen (secondary N) is 3. The van der Waals surface area contributed by atoms with E-state index >= 15 is 0 Å². The average molecular weight is 422 g/mol. The monoisotopic (exact) mass is 421 g/mol. The predicted molar refractivity (Wildman–Crippen MR) is 112 cm³/mol. The van der Waals surface area contributed by atoms with Crippen LogP contribution in [0.2, 0.25) is 0 Å². The molecule has 0 saturated carbocycles. The molecule has 0 aliphatic rings. The van der Waals surface area contributed by atoms with Crippen LogP contribution in [0.4, 0.5) is 10.5 Å². The zero-order valence-corrected chi connectivity index (χ0v) is 18.0. The Balaban J connectivity index is 2.07. The molecule has 158 valence electrons. The Labute approximate surface area is 171 Å². The quantitative estimate of drug-likeness (QED) is 0.637. The molecule has 0 fully saturated rings. The van der Waals surface area contributed by atoms with Gasteiger partial charge in [-0.2, -0.15) is 0 Å². The Morgan fingerprint density at radius 2 is 1.76 bits per heavy atom. The lowest BCUT2D eigenvalue weighted by molar-refractivity contribution is 0.251. The molecule has 2 amide bonds. The van der Waals surface area contributed by atoms with Crippen LogP contribution in [0.1, 0.15) is 26.3 Å². The van der Waals surface area contributed by atoms with Crippen LogP contribution in [0.5, 0.6) is 11.5 Å². The van der Waals surface area contributed by atoms with Gasteiger partial charge in [0, 0.05) is 23.3 Å². The van der Waals surface area contributed by atoms with Crippen LogP contribution in [0.3, 0.4) is 0 Å². The number of hydrogen-bond donors (Lipinski definition) is 3. The second-order valence-electron chi connectivity index (χ2n) is 7.37. The number of sulfonamides is 1. The van der Waals surface area contributed by atoms with Crippen molar-refractivity contribution in [3.63, 3.8) is 0 Å². The molecule has 0 heterocycles. The van der Waals surface area contributed by atoms with Gasteiger partial charge in [-0.25, -0.2) is 17.9 Å². The Bertz CT molecular complexity index is 968. The normalized spacial score (nSPS) is 11.6. The van der Waals surface area contributed by atoms with E-state index in [4.69, 9.17) is 9.47 Å². The van der Waals surface area contributed by atoms with Crippen LogP contribution >= 0.6 is 0 Å². The first-order valence-corrected chi connectivity index (χ1v) is 10.4. The molecule has 2 rings (SSSR count). The first kappa shape index (κ1) is 22.5. The highest BCUT2D eigenvalue weighted by molar-refractivity contribution is 7.89. The van der Waals surface area contributed by atoms with Crippen molar-refractivity contribution in [1.29, 1.82) is 0 Å². The highest BCUT2D eigenvalue weighted by atomic mass is 32.2. The molecule has 29 heavy (non-hydrogen) atoms. The van der Waals surface area contributed by atoms with E-state index in [9.17, 15) is 13.2 Å². The molecular formula is C20H27N3O5S. The molecule has 0 saturated heterocycles. The van der Waals surface area contributed by atoms with Gasteiger partial charge in [0.05, 0.1) is 19.1 Å². The molecule has 8 nitrogen and oxygen atoms in total. The van der Waals surface area contributed by atoms with Crippen LogP contribution in [0.15, 0.2) is 47.4 Å². The number of hydrogen-bond acceptors (Lipinski definition) is 5. The molecule has 0 bridgehead atoms. The van der Waals surface area contributed by atoms with Gasteiger partial charge in [-0.05, 0) is 57.2 Å². The Morgan fingerprint density at radius 1 is 1.03 bits per heavy atom. The third-order valence-corrected chi connectivity index (χ3v) is 5.53. The zero-order chi connectivity index (χ0) is 21.7. The lowest BCUT2D eigenvalue weighted by Crippen LogP contribution is -2.40. The minimum Gasteiger partial charge on any atom is -0.497 e. The Hall–Kier alpha value is -2.78. The standard InChI is InChI=1S/C20H27N3O5S/c1-20(2,3)23-29(25,26)17-8-6-7-15(12-17)22-19(24)21-13-14-11-16(27-4)9-10-18(14)28-5/h6-12,23H,13H2,1-5H3,(H2,21,22,24). The minimum atomic E-state index is -3.70. The van der Waals surface area contributed by atoms with Gasteiger partial charge in [0.2, 0.25) is 10.0 Å². The van der Waals surface area contributed by atoms with E-state index in [0.29, 0.717) is 17.2 Å². The van der Waals surface area contributed by atoms with Gasteiger partial charge in [-0.1, -0.05) is 6.07 Å². The fraction of sp³-hybridized carbons (Fsp3) is 0.350. The van der Waals surface area contributed by atoms with Gasteiger partial charge in [-0.3, -0.25) is 0 Å². The predicted octanol–water partition coefficient (Wildman–Crippen LogP) is 3.10. The lowest BCUT2D eigenvalue weighted by atomic mass is 10.1. The molecular weight excluding hydrogens is 394 g/mol. The number of ether oxygens (including phenoxy) is 2. The molecule has 0 atom stereocenters. The van der Waals surface area contributed by atoms with E-state index in [1.54, 1.807) is 65.3 Å². The van der Waals surface area contributed by atoms with Crippen molar-refractivity contribution in [1.82, 2.24) is 10.0 Å². The maximum atomic E-state index is 12.5. The van der Waals surface area contributed by atoms with Crippen LogP contribution in [-0.4, -0.2) is 34.2 Å². The van der Waals surface area contributed by atoms with Crippen molar-refractivity contribution in [3.05, 3.63) is 48.0 Å². The van der Waals surface area contributed by atoms with Crippen molar-refractivity contribution in [2.75, 3.05) is 19.5 Å². The maximum absolute atomic E-state index is 12.5. The average Bonchev–Trinajstić information content (AvgIpc) is 2.64. The molecule has 0 aliphatic carbocycles. The first-order chi connectivity index (χ1) is 13.5. The smallest absolute Gasteiger partial charge is 0.319 e. The van der Waals surface area contributed by atoms with Gasteiger partial charge in [0.1, 0.15) is 11.5 Å². The summed E-state index contributed by atoms with van der Waals surface area (Å²) in [5.74, 6) is 1.26. The number of carbonyl (C=O) groups excluding carboxylic acids is 1. The fourth-order valence-corrected chi connectivity index (χ4v) is 4.04. The van der Waals surface area contributed by atoms with Crippen molar-refractivity contribution >= 4 is 21.7 Å². The lowest BCUT2D eigenvalue weighted by Gasteiger charge is -2.20. The summed E-state index contributed by atoms with van der Waals surface area (Å²) < 4.78 is 38.0. The molecule has 3 N–H and O–H groups in total.